The molecule has 0 radical (unpaired) electrons. The van der Waals surface area contributed by atoms with Crippen molar-refractivity contribution in [2.45, 2.75) is 0 Å². The molecule has 0 atom stereocenters. The zero-order valence-corrected chi connectivity index (χ0v) is 31.3. The lowest BCUT2D eigenvalue weighted by Gasteiger charge is -2.27. The van der Waals surface area contributed by atoms with Crippen LogP contribution in [0.15, 0.2) is 213 Å². The molecule has 270 valence electrons. The smallest absolute Gasteiger partial charge is 0.160 e. The third-order valence-corrected chi connectivity index (χ3v) is 10.8. The maximum atomic E-state index is 5.13. The predicted molar refractivity (Wildman–Crippen MR) is 239 cm³/mol. The first-order chi connectivity index (χ1) is 28.2. The van der Waals surface area contributed by atoms with Crippen LogP contribution in [0.2, 0.25) is 0 Å². The predicted octanol–water partition coefficient (Wildman–Crippen LogP) is 13.5. The standard InChI is InChI=1S/C53H38N4/c1-37-17-6-5-15-32-56(44-25-16-22-42(33-44)49-36-48(38-18-7-2-8-19-38)54-53(55-49)39-20-9-3-10-21-39)50-31-29-40(34-47(37)50)41-28-30-46-45-26-13-14-27-51(45)57(52(46)35-41)43-23-11-4-12-24-43/h2-31,33-36H,1,32H2/b15-5-,17-6-. The van der Waals surface area contributed by atoms with Gasteiger partial charge >= 0.3 is 0 Å². The molecular weight excluding hydrogens is 693 g/mol. The fourth-order valence-electron chi connectivity index (χ4n) is 7.96. The zero-order valence-electron chi connectivity index (χ0n) is 31.3. The molecule has 10 rings (SSSR count). The zero-order chi connectivity index (χ0) is 38.1. The second-order valence-electron chi connectivity index (χ2n) is 14.3. The number of benzene rings is 7. The van der Waals surface area contributed by atoms with Crippen molar-refractivity contribution >= 4 is 38.8 Å². The number of aromatic nitrogens is 3. The van der Waals surface area contributed by atoms with Gasteiger partial charge in [-0.15, -0.1) is 0 Å². The van der Waals surface area contributed by atoms with Gasteiger partial charge in [-0.1, -0.05) is 158 Å². The molecule has 2 aromatic heterocycles. The molecule has 9 aromatic rings. The van der Waals surface area contributed by atoms with E-state index in [1.54, 1.807) is 0 Å². The lowest BCUT2D eigenvalue weighted by atomic mass is 9.96. The van der Waals surface area contributed by atoms with Gasteiger partial charge in [0.05, 0.1) is 22.4 Å². The van der Waals surface area contributed by atoms with E-state index in [2.05, 4.69) is 186 Å². The van der Waals surface area contributed by atoms with Crippen LogP contribution in [-0.2, 0) is 0 Å². The van der Waals surface area contributed by atoms with Crippen molar-refractivity contribution in [3.8, 4) is 50.7 Å². The summed E-state index contributed by atoms with van der Waals surface area (Å²) in [6, 6.07) is 64.2. The van der Waals surface area contributed by atoms with E-state index in [9.17, 15) is 0 Å². The van der Waals surface area contributed by atoms with E-state index in [1.165, 1.54) is 21.8 Å². The topological polar surface area (TPSA) is 34.0 Å². The van der Waals surface area contributed by atoms with E-state index < -0.39 is 0 Å². The SMILES string of the molecule is C=C1/C=C\C=C/CN(c2cccc(-c3cc(-c4ccccc4)nc(-c4ccccc4)n3)c2)c2ccc(-c3ccc4c5ccccc5n(-c5ccccc5)c4c3)cc21. The van der Waals surface area contributed by atoms with Gasteiger partial charge in [0, 0.05) is 56.6 Å². The molecule has 0 aliphatic carbocycles. The molecule has 0 bridgehead atoms. The number of hydrogen-bond acceptors (Lipinski definition) is 3. The van der Waals surface area contributed by atoms with Crippen LogP contribution in [0.3, 0.4) is 0 Å². The van der Waals surface area contributed by atoms with Crippen molar-refractivity contribution in [3.05, 3.63) is 218 Å². The average Bonchev–Trinajstić information content (AvgIpc) is 3.65. The molecule has 0 saturated heterocycles. The van der Waals surface area contributed by atoms with Gasteiger partial charge < -0.3 is 9.47 Å². The van der Waals surface area contributed by atoms with E-state index in [4.69, 9.17) is 9.97 Å². The van der Waals surface area contributed by atoms with Crippen LogP contribution >= 0.6 is 0 Å². The van der Waals surface area contributed by atoms with Gasteiger partial charge in [0.15, 0.2) is 5.82 Å². The summed E-state index contributed by atoms with van der Waals surface area (Å²) in [6.45, 7) is 5.25. The highest BCUT2D eigenvalue weighted by molar-refractivity contribution is 6.10. The summed E-state index contributed by atoms with van der Waals surface area (Å²) in [4.78, 5) is 12.5. The van der Waals surface area contributed by atoms with Crippen molar-refractivity contribution in [1.82, 2.24) is 14.5 Å². The van der Waals surface area contributed by atoms with Crippen molar-refractivity contribution < 1.29 is 0 Å². The maximum absolute atomic E-state index is 5.13. The van der Waals surface area contributed by atoms with Gasteiger partial charge in [0.25, 0.3) is 0 Å². The van der Waals surface area contributed by atoms with Gasteiger partial charge in [-0.25, -0.2) is 9.97 Å². The molecule has 0 N–H and O–H groups in total. The number of nitrogens with zero attached hydrogens (tertiary/aromatic N) is 4. The van der Waals surface area contributed by atoms with Gasteiger partial charge in [0.2, 0.25) is 0 Å². The monoisotopic (exact) mass is 730 g/mol. The van der Waals surface area contributed by atoms with Crippen LogP contribution < -0.4 is 4.90 Å². The Morgan fingerprint density at radius 1 is 0.456 bits per heavy atom. The Kier molecular flexibility index (Phi) is 8.69. The first kappa shape index (κ1) is 34.0. The minimum absolute atomic E-state index is 0.685. The number of hydrogen-bond donors (Lipinski definition) is 0. The third-order valence-electron chi connectivity index (χ3n) is 10.8. The van der Waals surface area contributed by atoms with Crippen molar-refractivity contribution in [3.63, 3.8) is 0 Å². The highest BCUT2D eigenvalue weighted by atomic mass is 15.1. The molecule has 0 amide bonds. The molecule has 0 unspecified atom stereocenters. The molecular formula is C53H38N4. The van der Waals surface area contributed by atoms with E-state index >= 15 is 0 Å². The molecule has 1 aliphatic rings. The molecule has 57 heavy (non-hydrogen) atoms. The van der Waals surface area contributed by atoms with Crippen molar-refractivity contribution in [2.75, 3.05) is 11.4 Å². The Hall–Kier alpha value is -7.56. The van der Waals surface area contributed by atoms with E-state index in [1.807, 2.05) is 36.4 Å². The van der Waals surface area contributed by atoms with Crippen LogP contribution in [0.5, 0.6) is 0 Å². The van der Waals surface area contributed by atoms with Crippen LogP contribution in [-0.4, -0.2) is 21.1 Å². The first-order valence-corrected chi connectivity index (χ1v) is 19.3. The summed E-state index contributed by atoms with van der Waals surface area (Å²) in [7, 11) is 0. The summed E-state index contributed by atoms with van der Waals surface area (Å²) in [5.41, 5.74) is 14.8. The highest BCUT2D eigenvalue weighted by Gasteiger charge is 2.19. The lowest BCUT2D eigenvalue weighted by Crippen LogP contribution is -2.18. The maximum Gasteiger partial charge on any atom is 0.160 e. The Morgan fingerprint density at radius 2 is 1.09 bits per heavy atom. The van der Waals surface area contributed by atoms with Crippen LogP contribution in [0.4, 0.5) is 11.4 Å². The minimum Gasteiger partial charge on any atom is -0.337 e. The van der Waals surface area contributed by atoms with Crippen LogP contribution in [0.25, 0.3) is 78.1 Å². The van der Waals surface area contributed by atoms with Gasteiger partial charge in [-0.3, -0.25) is 0 Å². The molecule has 0 fully saturated rings. The van der Waals surface area contributed by atoms with Gasteiger partial charge in [0.1, 0.15) is 0 Å². The van der Waals surface area contributed by atoms with E-state index in [-0.39, 0.29) is 0 Å². The number of anilines is 2. The minimum atomic E-state index is 0.685. The number of rotatable bonds is 6. The quantitative estimate of drug-likeness (QED) is 0.171. The Bertz CT molecular complexity index is 2940. The fraction of sp³-hybridized carbons (Fsp3) is 0.0189. The summed E-state index contributed by atoms with van der Waals surface area (Å²) >= 11 is 0. The Balaban J connectivity index is 1.08. The average molecular weight is 731 g/mol. The molecule has 7 aromatic carbocycles. The van der Waals surface area contributed by atoms with Crippen LogP contribution in [0, 0.1) is 0 Å². The summed E-state index contributed by atoms with van der Waals surface area (Å²) in [6.07, 6.45) is 8.49. The van der Waals surface area contributed by atoms with Gasteiger partial charge in [-0.05, 0) is 71.3 Å². The molecule has 0 saturated carbocycles. The lowest BCUT2D eigenvalue weighted by molar-refractivity contribution is 1.09. The van der Waals surface area contributed by atoms with Crippen LogP contribution in [0.1, 0.15) is 5.56 Å². The van der Waals surface area contributed by atoms with Gasteiger partial charge in [-0.2, -0.15) is 0 Å². The first-order valence-electron chi connectivity index (χ1n) is 19.3. The van der Waals surface area contributed by atoms with E-state index in [0.717, 1.165) is 67.4 Å². The summed E-state index contributed by atoms with van der Waals surface area (Å²) in [5, 5.41) is 2.48. The molecule has 4 heteroatoms. The normalized spacial score (nSPS) is 13.8. The molecule has 0 spiro atoms. The van der Waals surface area contributed by atoms with Crippen molar-refractivity contribution in [1.29, 1.82) is 0 Å². The second-order valence-corrected chi connectivity index (χ2v) is 14.3. The number of allylic oxidation sites excluding steroid dienone is 4. The third kappa shape index (κ3) is 6.43. The molecule has 1 aliphatic heterocycles. The number of para-hydroxylation sites is 2. The molecule has 4 nitrogen and oxygen atoms in total. The number of fused-ring (bicyclic) bond motifs is 4. The fourth-order valence-corrected chi connectivity index (χ4v) is 7.96. The molecule has 3 heterocycles. The highest BCUT2D eigenvalue weighted by Crippen LogP contribution is 2.40. The summed E-state index contributed by atoms with van der Waals surface area (Å²) < 4.78 is 2.37. The van der Waals surface area contributed by atoms with Crippen molar-refractivity contribution in [2.24, 2.45) is 0 Å². The summed E-state index contributed by atoms with van der Waals surface area (Å²) in [5.74, 6) is 0.700. The second kappa shape index (κ2) is 14.6. The largest absolute Gasteiger partial charge is 0.337 e. The Morgan fingerprint density at radius 3 is 1.89 bits per heavy atom. The van der Waals surface area contributed by atoms with E-state index in [0.29, 0.717) is 12.4 Å². The Labute approximate surface area is 332 Å².